The molecule has 1 aromatic rings. The van der Waals surface area contributed by atoms with Crippen LogP contribution in [0.25, 0.3) is 0 Å². The van der Waals surface area contributed by atoms with Gasteiger partial charge in [0, 0.05) is 4.47 Å². The summed E-state index contributed by atoms with van der Waals surface area (Å²) in [5.74, 6) is -2.82. The van der Waals surface area contributed by atoms with Crippen molar-refractivity contribution in [1.82, 2.24) is 10.6 Å². The number of carbonyl (C=O) groups excluding carboxylic acids is 2. The number of alkyl halides is 3. The number of benzene rings is 1. The Morgan fingerprint density at radius 3 is 2.55 bits per heavy atom. The van der Waals surface area contributed by atoms with Gasteiger partial charge in [0.15, 0.2) is 0 Å². The number of ketones is 1. The minimum atomic E-state index is -5.20. The van der Waals surface area contributed by atoms with Crippen LogP contribution in [-0.4, -0.2) is 28.8 Å². The number of amides is 2. The summed E-state index contributed by atoms with van der Waals surface area (Å²) in [7, 11) is 0. The molecule has 5 nitrogen and oxygen atoms in total. The number of hydrogen-bond donors (Lipinski definition) is 3. The lowest BCUT2D eigenvalue weighted by molar-refractivity contribution is -0.290. The number of carbonyl (C=O) groups is 2. The molecule has 1 fully saturated rings. The van der Waals surface area contributed by atoms with Crippen molar-refractivity contribution in [3.8, 4) is 0 Å². The first-order chi connectivity index (χ1) is 10.1. The van der Waals surface area contributed by atoms with E-state index in [1.165, 1.54) is 17.4 Å². The summed E-state index contributed by atoms with van der Waals surface area (Å²) in [5, 5.41) is 13.7. The molecule has 1 aromatic carbocycles. The van der Waals surface area contributed by atoms with Crippen molar-refractivity contribution in [3.63, 3.8) is 0 Å². The van der Waals surface area contributed by atoms with Crippen molar-refractivity contribution < 1.29 is 27.9 Å². The van der Waals surface area contributed by atoms with Gasteiger partial charge in [0.05, 0.1) is 12.0 Å². The summed E-state index contributed by atoms with van der Waals surface area (Å²) >= 11 is 3.17. The molecule has 22 heavy (non-hydrogen) atoms. The van der Waals surface area contributed by atoms with Gasteiger partial charge in [-0.3, -0.25) is 4.79 Å². The molecule has 0 spiro atoms. The Morgan fingerprint density at radius 1 is 1.41 bits per heavy atom. The van der Waals surface area contributed by atoms with Crippen LogP contribution >= 0.6 is 15.9 Å². The number of Topliss-reactive ketones (excluding diaryl/α,β-unsaturated/α-hetero) is 1. The molecular weight excluding hydrogens is 369 g/mol. The quantitative estimate of drug-likeness (QED) is 0.736. The molecule has 0 bridgehead atoms. The number of rotatable bonds is 2. The standard InChI is InChI=1S/C13H12BrF3N2O3/c1-6(20)9-10(7-3-2-4-8(14)5-7)18-11(21)19-12(9,22)13(15,16)17/h2-5,9-10,22H,1H3,(H2,18,19,21)/t9-,10-,12+/m0/s1. The van der Waals surface area contributed by atoms with Crippen LogP contribution in [0.15, 0.2) is 28.7 Å². The Labute approximate surface area is 132 Å². The molecule has 0 unspecified atom stereocenters. The fraction of sp³-hybridized carbons (Fsp3) is 0.385. The second-order valence-corrected chi connectivity index (χ2v) is 5.90. The van der Waals surface area contributed by atoms with E-state index in [-0.39, 0.29) is 5.56 Å². The van der Waals surface area contributed by atoms with E-state index in [1.54, 1.807) is 12.1 Å². The zero-order valence-corrected chi connectivity index (χ0v) is 12.8. The molecule has 3 N–H and O–H groups in total. The average molecular weight is 381 g/mol. The van der Waals surface area contributed by atoms with Crippen LogP contribution in [0.3, 0.4) is 0 Å². The molecule has 1 aliphatic heterocycles. The van der Waals surface area contributed by atoms with Crippen LogP contribution in [0.5, 0.6) is 0 Å². The van der Waals surface area contributed by atoms with Crippen molar-refractivity contribution in [1.29, 1.82) is 0 Å². The van der Waals surface area contributed by atoms with Crippen molar-refractivity contribution in [2.24, 2.45) is 5.92 Å². The van der Waals surface area contributed by atoms with Crippen molar-refractivity contribution in [2.75, 3.05) is 0 Å². The monoisotopic (exact) mass is 380 g/mol. The van der Waals surface area contributed by atoms with E-state index in [0.717, 1.165) is 6.92 Å². The molecule has 2 rings (SSSR count). The minimum absolute atomic E-state index is 0.270. The fourth-order valence-corrected chi connectivity index (χ4v) is 2.92. The second-order valence-electron chi connectivity index (χ2n) is 4.98. The SMILES string of the molecule is CC(=O)[C@H]1[C@H](c2cccc(Br)c2)NC(=O)N[C@]1(O)C(F)(F)F. The number of urea groups is 1. The van der Waals surface area contributed by atoms with Crippen molar-refractivity contribution in [2.45, 2.75) is 24.9 Å². The van der Waals surface area contributed by atoms with Crippen molar-refractivity contribution in [3.05, 3.63) is 34.3 Å². The molecule has 1 saturated heterocycles. The number of nitrogens with one attached hydrogen (secondary N) is 2. The van der Waals surface area contributed by atoms with E-state index in [2.05, 4.69) is 21.2 Å². The summed E-state index contributed by atoms with van der Waals surface area (Å²) in [4.78, 5) is 23.3. The van der Waals surface area contributed by atoms with E-state index >= 15 is 0 Å². The third kappa shape index (κ3) is 2.82. The maximum atomic E-state index is 13.2. The summed E-state index contributed by atoms with van der Waals surface area (Å²) in [5.41, 5.74) is -3.36. The maximum Gasteiger partial charge on any atom is 0.437 e. The third-order valence-corrected chi connectivity index (χ3v) is 3.95. The first kappa shape index (κ1) is 16.8. The predicted octanol–water partition coefficient (Wildman–Crippen LogP) is 2.26. The zero-order valence-electron chi connectivity index (χ0n) is 11.2. The van der Waals surface area contributed by atoms with Gasteiger partial charge in [0.1, 0.15) is 5.78 Å². The number of aliphatic hydroxyl groups is 1. The molecular formula is C13H12BrF3N2O3. The van der Waals surface area contributed by atoms with Crippen LogP contribution in [-0.2, 0) is 4.79 Å². The molecule has 2 amide bonds. The third-order valence-electron chi connectivity index (χ3n) is 3.45. The Hall–Kier alpha value is -1.61. The summed E-state index contributed by atoms with van der Waals surface area (Å²) in [6.45, 7) is 0.936. The van der Waals surface area contributed by atoms with E-state index in [1.807, 2.05) is 0 Å². The molecule has 0 aliphatic carbocycles. The Morgan fingerprint density at radius 2 is 2.05 bits per heavy atom. The summed E-state index contributed by atoms with van der Waals surface area (Å²) in [6.07, 6.45) is -5.20. The fourth-order valence-electron chi connectivity index (χ4n) is 2.50. The van der Waals surface area contributed by atoms with Gasteiger partial charge in [0.2, 0.25) is 5.72 Å². The molecule has 1 heterocycles. The predicted molar refractivity (Wildman–Crippen MR) is 73.7 cm³/mol. The molecule has 120 valence electrons. The maximum absolute atomic E-state index is 13.2. The van der Waals surface area contributed by atoms with Gasteiger partial charge in [-0.1, -0.05) is 28.1 Å². The zero-order chi connectivity index (χ0) is 16.7. The van der Waals surface area contributed by atoms with Crippen LogP contribution in [0, 0.1) is 5.92 Å². The Balaban J connectivity index is 2.57. The van der Waals surface area contributed by atoms with Gasteiger partial charge in [-0.05, 0) is 24.6 Å². The average Bonchev–Trinajstić information content (AvgIpc) is 2.35. The van der Waals surface area contributed by atoms with Gasteiger partial charge in [-0.25, -0.2) is 4.79 Å². The van der Waals surface area contributed by atoms with E-state index in [0.29, 0.717) is 4.47 Å². The van der Waals surface area contributed by atoms with E-state index in [4.69, 9.17) is 0 Å². The molecule has 1 aliphatic rings. The topological polar surface area (TPSA) is 78.4 Å². The van der Waals surface area contributed by atoms with Crippen molar-refractivity contribution >= 4 is 27.7 Å². The van der Waals surface area contributed by atoms with Crippen LogP contribution in [0.2, 0.25) is 0 Å². The smallest absolute Gasteiger partial charge is 0.363 e. The van der Waals surface area contributed by atoms with Gasteiger partial charge in [-0.2, -0.15) is 13.2 Å². The molecule has 3 atom stereocenters. The highest BCUT2D eigenvalue weighted by Crippen LogP contribution is 2.43. The van der Waals surface area contributed by atoms with E-state index in [9.17, 15) is 27.9 Å². The Kier molecular flexibility index (Phi) is 4.22. The van der Waals surface area contributed by atoms with Gasteiger partial charge < -0.3 is 15.7 Å². The van der Waals surface area contributed by atoms with Gasteiger partial charge in [-0.15, -0.1) is 0 Å². The van der Waals surface area contributed by atoms with Crippen LogP contribution < -0.4 is 10.6 Å². The van der Waals surface area contributed by atoms with Crippen LogP contribution in [0.1, 0.15) is 18.5 Å². The van der Waals surface area contributed by atoms with Gasteiger partial charge in [0.25, 0.3) is 0 Å². The lowest BCUT2D eigenvalue weighted by Gasteiger charge is -2.44. The lowest BCUT2D eigenvalue weighted by Crippen LogP contribution is -2.72. The Bertz CT molecular complexity index is 623. The normalized spacial score (nSPS) is 28.7. The molecule has 0 radical (unpaired) electrons. The lowest BCUT2D eigenvalue weighted by atomic mass is 9.79. The highest BCUT2D eigenvalue weighted by atomic mass is 79.9. The summed E-state index contributed by atoms with van der Waals surface area (Å²) in [6, 6.07) is 3.62. The van der Waals surface area contributed by atoms with E-state index < -0.39 is 35.7 Å². The number of hydrogen-bond acceptors (Lipinski definition) is 3. The van der Waals surface area contributed by atoms with Gasteiger partial charge >= 0.3 is 12.2 Å². The largest absolute Gasteiger partial charge is 0.437 e. The molecule has 0 aromatic heterocycles. The van der Waals surface area contributed by atoms with Crippen LogP contribution in [0.4, 0.5) is 18.0 Å². The highest BCUT2D eigenvalue weighted by Gasteiger charge is 2.65. The number of halogens is 4. The second kappa shape index (κ2) is 5.54. The molecule has 9 heteroatoms. The first-order valence-corrected chi connectivity index (χ1v) is 6.99. The summed E-state index contributed by atoms with van der Waals surface area (Å²) < 4.78 is 40.2. The highest BCUT2D eigenvalue weighted by molar-refractivity contribution is 9.10. The molecule has 0 saturated carbocycles. The first-order valence-electron chi connectivity index (χ1n) is 6.20. The minimum Gasteiger partial charge on any atom is -0.363 e.